The van der Waals surface area contributed by atoms with E-state index in [9.17, 15) is 0 Å². The highest BCUT2D eigenvalue weighted by atomic mass is 16.3. The Morgan fingerprint density at radius 1 is 1.58 bits per heavy atom. The highest BCUT2D eigenvalue weighted by Gasteiger charge is 2.06. The number of aliphatic hydroxyl groups excluding tert-OH is 1. The monoisotopic (exact) mass is 167 g/mol. The van der Waals surface area contributed by atoms with Crippen molar-refractivity contribution in [3.05, 3.63) is 23.4 Å². The Labute approximate surface area is 74.2 Å². The predicted molar refractivity (Wildman–Crippen MR) is 50.8 cm³/mol. The lowest BCUT2D eigenvalue weighted by molar-refractivity contribution is 0.243. The van der Waals surface area contributed by atoms with Gasteiger partial charge in [-0.1, -0.05) is 11.6 Å². The van der Waals surface area contributed by atoms with Gasteiger partial charge in [-0.2, -0.15) is 0 Å². The SMILES string of the molecule is CC1=CCCC(N(C)CCO)=C1. The van der Waals surface area contributed by atoms with E-state index in [2.05, 4.69) is 24.0 Å². The van der Waals surface area contributed by atoms with Gasteiger partial charge in [0.2, 0.25) is 0 Å². The number of nitrogens with zero attached hydrogens (tertiary/aromatic N) is 1. The summed E-state index contributed by atoms with van der Waals surface area (Å²) < 4.78 is 0. The van der Waals surface area contributed by atoms with Crippen LogP contribution in [0.2, 0.25) is 0 Å². The Kier molecular flexibility index (Phi) is 3.35. The molecule has 2 heteroatoms. The van der Waals surface area contributed by atoms with Gasteiger partial charge in [-0.3, -0.25) is 0 Å². The van der Waals surface area contributed by atoms with Gasteiger partial charge in [-0.05, 0) is 25.8 Å². The van der Waals surface area contributed by atoms with Crippen molar-refractivity contribution in [2.45, 2.75) is 19.8 Å². The molecular weight excluding hydrogens is 150 g/mol. The molecule has 0 bridgehead atoms. The molecule has 0 spiro atoms. The van der Waals surface area contributed by atoms with Crippen LogP contribution in [0.1, 0.15) is 19.8 Å². The molecule has 0 aliphatic heterocycles. The average molecular weight is 167 g/mol. The Balaban J connectivity index is 2.56. The zero-order chi connectivity index (χ0) is 8.97. The lowest BCUT2D eigenvalue weighted by Gasteiger charge is -2.23. The third-order valence-electron chi connectivity index (χ3n) is 2.19. The fraction of sp³-hybridized carbons (Fsp3) is 0.600. The minimum Gasteiger partial charge on any atom is -0.395 e. The summed E-state index contributed by atoms with van der Waals surface area (Å²) in [5.41, 5.74) is 2.67. The quantitative estimate of drug-likeness (QED) is 0.689. The Morgan fingerprint density at radius 2 is 2.33 bits per heavy atom. The molecule has 0 fully saturated rings. The summed E-state index contributed by atoms with van der Waals surface area (Å²) in [6, 6.07) is 0. The highest BCUT2D eigenvalue weighted by molar-refractivity contribution is 5.25. The second-order valence-corrected chi connectivity index (χ2v) is 3.27. The summed E-state index contributed by atoms with van der Waals surface area (Å²) in [5, 5.41) is 8.75. The molecule has 68 valence electrons. The molecule has 0 amide bonds. The lowest BCUT2D eigenvalue weighted by Crippen LogP contribution is -2.22. The number of rotatable bonds is 3. The molecule has 2 nitrogen and oxygen atoms in total. The second-order valence-electron chi connectivity index (χ2n) is 3.27. The van der Waals surface area contributed by atoms with E-state index in [0.29, 0.717) is 0 Å². The Bertz CT molecular complexity index is 206. The number of likely N-dealkylation sites (N-methyl/N-ethyl adjacent to an activating group) is 1. The highest BCUT2D eigenvalue weighted by Crippen LogP contribution is 2.18. The number of hydrogen-bond donors (Lipinski definition) is 1. The van der Waals surface area contributed by atoms with Gasteiger partial charge in [0.25, 0.3) is 0 Å². The maximum absolute atomic E-state index is 8.75. The molecule has 1 rings (SSSR count). The van der Waals surface area contributed by atoms with Crippen LogP contribution in [0.3, 0.4) is 0 Å². The topological polar surface area (TPSA) is 23.5 Å². The zero-order valence-corrected chi connectivity index (χ0v) is 7.88. The summed E-state index contributed by atoms with van der Waals surface area (Å²) in [4.78, 5) is 2.12. The van der Waals surface area contributed by atoms with E-state index in [1.807, 2.05) is 7.05 Å². The van der Waals surface area contributed by atoms with E-state index >= 15 is 0 Å². The van der Waals surface area contributed by atoms with Crippen molar-refractivity contribution in [2.24, 2.45) is 0 Å². The van der Waals surface area contributed by atoms with Crippen LogP contribution in [0.25, 0.3) is 0 Å². The standard InChI is InChI=1S/C10H17NO/c1-9-4-3-5-10(8-9)11(2)6-7-12/h4,8,12H,3,5-7H2,1-2H3. The fourth-order valence-electron chi connectivity index (χ4n) is 1.44. The second kappa shape index (κ2) is 4.31. The average Bonchev–Trinajstić information content (AvgIpc) is 2.05. The van der Waals surface area contributed by atoms with Crippen molar-refractivity contribution < 1.29 is 5.11 Å². The maximum Gasteiger partial charge on any atom is 0.0606 e. The number of aliphatic hydroxyl groups is 1. The molecule has 0 radical (unpaired) electrons. The minimum absolute atomic E-state index is 0.233. The largest absolute Gasteiger partial charge is 0.395 e. The van der Waals surface area contributed by atoms with Gasteiger partial charge in [0, 0.05) is 19.3 Å². The fourth-order valence-corrected chi connectivity index (χ4v) is 1.44. The first-order valence-corrected chi connectivity index (χ1v) is 4.43. The van der Waals surface area contributed by atoms with Crippen LogP contribution in [0.4, 0.5) is 0 Å². The third kappa shape index (κ3) is 2.38. The molecule has 0 aromatic carbocycles. The van der Waals surface area contributed by atoms with E-state index < -0.39 is 0 Å². The molecule has 12 heavy (non-hydrogen) atoms. The summed E-state index contributed by atoms with van der Waals surface area (Å²) in [5.74, 6) is 0. The van der Waals surface area contributed by atoms with Crippen LogP contribution in [0, 0.1) is 0 Å². The molecule has 1 N–H and O–H groups in total. The Morgan fingerprint density at radius 3 is 2.92 bits per heavy atom. The smallest absolute Gasteiger partial charge is 0.0606 e. The van der Waals surface area contributed by atoms with E-state index in [4.69, 9.17) is 5.11 Å². The first kappa shape index (κ1) is 9.33. The van der Waals surface area contributed by atoms with Gasteiger partial charge in [-0.25, -0.2) is 0 Å². The van der Waals surface area contributed by atoms with Crippen LogP contribution in [0.15, 0.2) is 23.4 Å². The molecule has 0 saturated carbocycles. The Hall–Kier alpha value is -0.760. The third-order valence-corrected chi connectivity index (χ3v) is 2.19. The summed E-state index contributed by atoms with van der Waals surface area (Å²) in [6.45, 7) is 3.08. The molecule has 0 saturated heterocycles. The number of allylic oxidation sites excluding steroid dienone is 4. The molecule has 0 unspecified atom stereocenters. The molecule has 1 aliphatic carbocycles. The van der Waals surface area contributed by atoms with Crippen molar-refractivity contribution in [1.82, 2.24) is 4.90 Å². The summed E-state index contributed by atoms with van der Waals surface area (Å²) >= 11 is 0. The molecule has 0 heterocycles. The first-order valence-electron chi connectivity index (χ1n) is 4.43. The van der Waals surface area contributed by atoms with Gasteiger partial charge in [0.15, 0.2) is 0 Å². The van der Waals surface area contributed by atoms with Gasteiger partial charge in [0.05, 0.1) is 6.61 Å². The molecule has 0 atom stereocenters. The minimum atomic E-state index is 0.233. The first-order chi connectivity index (χ1) is 5.74. The van der Waals surface area contributed by atoms with Crippen LogP contribution >= 0.6 is 0 Å². The van der Waals surface area contributed by atoms with Crippen molar-refractivity contribution >= 4 is 0 Å². The molecule has 1 aliphatic rings. The van der Waals surface area contributed by atoms with Crippen molar-refractivity contribution in [3.63, 3.8) is 0 Å². The van der Waals surface area contributed by atoms with Crippen LogP contribution in [0.5, 0.6) is 0 Å². The van der Waals surface area contributed by atoms with E-state index in [1.54, 1.807) is 0 Å². The summed E-state index contributed by atoms with van der Waals surface area (Å²) in [7, 11) is 2.03. The van der Waals surface area contributed by atoms with Gasteiger partial charge >= 0.3 is 0 Å². The number of hydrogen-bond acceptors (Lipinski definition) is 2. The van der Waals surface area contributed by atoms with Crippen molar-refractivity contribution in [3.8, 4) is 0 Å². The van der Waals surface area contributed by atoms with Gasteiger partial charge < -0.3 is 10.0 Å². The van der Waals surface area contributed by atoms with Crippen LogP contribution in [-0.2, 0) is 0 Å². The molecule has 0 aromatic heterocycles. The van der Waals surface area contributed by atoms with Crippen molar-refractivity contribution in [2.75, 3.05) is 20.2 Å². The lowest BCUT2D eigenvalue weighted by atomic mass is 10.0. The van der Waals surface area contributed by atoms with E-state index in [1.165, 1.54) is 11.3 Å². The van der Waals surface area contributed by atoms with Crippen LogP contribution in [-0.4, -0.2) is 30.2 Å². The van der Waals surface area contributed by atoms with Gasteiger partial charge in [-0.15, -0.1) is 0 Å². The summed E-state index contributed by atoms with van der Waals surface area (Å²) in [6.07, 6.45) is 6.68. The van der Waals surface area contributed by atoms with Crippen molar-refractivity contribution in [1.29, 1.82) is 0 Å². The van der Waals surface area contributed by atoms with Crippen LogP contribution < -0.4 is 0 Å². The van der Waals surface area contributed by atoms with E-state index in [-0.39, 0.29) is 6.61 Å². The normalized spacial score (nSPS) is 16.9. The molecular formula is C10H17NO. The maximum atomic E-state index is 8.75. The van der Waals surface area contributed by atoms with Gasteiger partial charge in [0.1, 0.15) is 0 Å². The molecule has 0 aromatic rings. The zero-order valence-electron chi connectivity index (χ0n) is 7.88. The predicted octanol–water partition coefficient (Wildman–Crippen LogP) is 1.53. The van der Waals surface area contributed by atoms with E-state index in [0.717, 1.165) is 19.4 Å².